The van der Waals surface area contributed by atoms with Gasteiger partial charge in [-0.05, 0) is 12.2 Å². The second-order valence-electron chi connectivity index (χ2n) is 2.11. The van der Waals surface area contributed by atoms with E-state index in [4.69, 9.17) is 0 Å². The number of aliphatic imine (C=N–C) groups is 1. The van der Waals surface area contributed by atoms with Crippen LogP contribution >= 0.6 is 22.9 Å². The van der Waals surface area contributed by atoms with E-state index in [0.717, 1.165) is 11.4 Å². The molecule has 0 saturated carbocycles. The molecule has 62 valence electrons. The van der Waals surface area contributed by atoms with Crippen molar-refractivity contribution in [3.8, 4) is 0 Å². The van der Waals surface area contributed by atoms with Gasteiger partial charge in [-0.25, -0.2) is 0 Å². The lowest BCUT2D eigenvalue weighted by Gasteiger charge is -2.06. The molecule has 0 N–H and O–H groups in total. The maximum absolute atomic E-state index is 4.11. The molecule has 0 fully saturated rings. The van der Waals surface area contributed by atoms with E-state index in [-0.39, 0.29) is 0 Å². The summed E-state index contributed by atoms with van der Waals surface area (Å²) in [5.74, 6) is 0. The summed E-state index contributed by atoms with van der Waals surface area (Å²) in [6.45, 7) is 7.19. The molecule has 0 aromatic rings. The minimum Gasteiger partial charge on any atom is -0.288 e. The Morgan fingerprint density at radius 3 is 2.83 bits per heavy atom. The molecule has 0 spiro atoms. The van der Waals surface area contributed by atoms with E-state index in [0.29, 0.717) is 0 Å². The summed E-state index contributed by atoms with van der Waals surface area (Å²) < 4.78 is 1.96. The predicted octanol–water partition coefficient (Wildman–Crippen LogP) is 2.82. The van der Waals surface area contributed by atoms with Gasteiger partial charge < -0.3 is 0 Å². The molecule has 1 aliphatic heterocycles. The zero-order valence-corrected chi connectivity index (χ0v) is 8.73. The van der Waals surface area contributed by atoms with Gasteiger partial charge in [0.2, 0.25) is 0 Å². The van der Waals surface area contributed by atoms with Crippen LogP contribution in [0.5, 0.6) is 0 Å². The summed E-state index contributed by atoms with van der Waals surface area (Å²) in [4.78, 5) is 4.11. The molecule has 1 heterocycles. The zero-order valence-electron chi connectivity index (χ0n) is 6.57. The van der Waals surface area contributed by atoms with Gasteiger partial charge in [0.25, 0.3) is 0 Å². The van der Waals surface area contributed by atoms with Crippen LogP contribution in [0.4, 0.5) is 0 Å². The molecule has 0 saturated heterocycles. The SMILES string of the molecule is C=C/C=C1\C(=N/C=C)C=CN1I. The minimum atomic E-state index is 0.916. The fourth-order valence-electron chi connectivity index (χ4n) is 0.887. The smallest absolute Gasteiger partial charge is 0.0888 e. The molecule has 0 unspecified atom stereocenters. The Morgan fingerprint density at radius 1 is 1.50 bits per heavy atom. The molecule has 0 atom stereocenters. The molecule has 3 heteroatoms. The van der Waals surface area contributed by atoms with Crippen LogP contribution in [0, 0.1) is 0 Å². The van der Waals surface area contributed by atoms with E-state index in [1.807, 2.05) is 21.5 Å². The summed E-state index contributed by atoms with van der Waals surface area (Å²) in [5.41, 5.74) is 1.95. The number of allylic oxidation sites excluding steroid dienone is 3. The molecule has 0 aromatic heterocycles. The van der Waals surface area contributed by atoms with Crippen molar-refractivity contribution in [2.45, 2.75) is 0 Å². The van der Waals surface area contributed by atoms with E-state index in [1.165, 1.54) is 6.20 Å². The molecule has 0 radical (unpaired) electrons. The number of halogens is 1. The summed E-state index contributed by atoms with van der Waals surface area (Å²) in [6.07, 6.45) is 9.06. The average molecular weight is 272 g/mol. The Kier molecular flexibility index (Phi) is 3.28. The third-order valence-corrected chi connectivity index (χ3v) is 2.20. The quantitative estimate of drug-likeness (QED) is 0.557. The number of nitrogens with zero attached hydrogens (tertiary/aromatic N) is 2. The van der Waals surface area contributed by atoms with Crippen molar-refractivity contribution in [2.24, 2.45) is 4.99 Å². The van der Waals surface area contributed by atoms with Crippen molar-refractivity contribution in [2.75, 3.05) is 0 Å². The molecular weight excluding hydrogens is 263 g/mol. The average Bonchev–Trinajstić information content (AvgIpc) is 2.37. The molecule has 0 bridgehead atoms. The van der Waals surface area contributed by atoms with E-state index >= 15 is 0 Å². The number of hydrogen-bond donors (Lipinski definition) is 0. The highest BCUT2D eigenvalue weighted by Gasteiger charge is 2.13. The number of rotatable bonds is 2. The highest BCUT2D eigenvalue weighted by atomic mass is 127. The topological polar surface area (TPSA) is 15.6 Å². The van der Waals surface area contributed by atoms with Gasteiger partial charge in [-0.15, -0.1) is 0 Å². The van der Waals surface area contributed by atoms with Gasteiger partial charge in [-0.3, -0.25) is 8.11 Å². The highest BCUT2D eigenvalue weighted by molar-refractivity contribution is 14.1. The maximum Gasteiger partial charge on any atom is 0.0888 e. The number of hydrogen-bond acceptors (Lipinski definition) is 2. The Morgan fingerprint density at radius 2 is 2.25 bits per heavy atom. The van der Waals surface area contributed by atoms with Crippen LogP contribution in [0.1, 0.15) is 0 Å². The lowest BCUT2D eigenvalue weighted by Crippen LogP contribution is -2.03. The van der Waals surface area contributed by atoms with Crippen molar-refractivity contribution >= 4 is 28.6 Å². The van der Waals surface area contributed by atoms with Gasteiger partial charge in [0.05, 0.1) is 34.3 Å². The molecular formula is C9H9IN2. The monoisotopic (exact) mass is 272 g/mol. The van der Waals surface area contributed by atoms with Crippen LogP contribution in [0.25, 0.3) is 0 Å². The van der Waals surface area contributed by atoms with E-state index in [2.05, 4.69) is 41.0 Å². The van der Waals surface area contributed by atoms with Crippen LogP contribution in [0.15, 0.2) is 54.5 Å². The maximum atomic E-state index is 4.11. The summed E-state index contributed by atoms with van der Waals surface area (Å²) >= 11 is 2.19. The van der Waals surface area contributed by atoms with Crippen LogP contribution in [-0.2, 0) is 0 Å². The largest absolute Gasteiger partial charge is 0.288 e. The van der Waals surface area contributed by atoms with Gasteiger partial charge in [0, 0.05) is 12.4 Å². The first-order chi connectivity index (χ1) is 5.79. The first kappa shape index (κ1) is 9.25. The van der Waals surface area contributed by atoms with Gasteiger partial charge in [-0.2, -0.15) is 0 Å². The molecule has 0 aromatic carbocycles. The molecule has 1 rings (SSSR count). The normalized spacial score (nSPS) is 22.2. The predicted molar refractivity (Wildman–Crippen MR) is 60.9 cm³/mol. The van der Waals surface area contributed by atoms with Crippen molar-refractivity contribution < 1.29 is 0 Å². The van der Waals surface area contributed by atoms with Crippen LogP contribution in [0.3, 0.4) is 0 Å². The molecule has 2 nitrogen and oxygen atoms in total. The Labute approximate surface area is 86.2 Å². The van der Waals surface area contributed by atoms with Gasteiger partial charge in [0.15, 0.2) is 0 Å². The van der Waals surface area contributed by atoms with E-state index in [1.54, 1.807) is 6.08 Å². The summed E-state index contributed by atoms with van der Waals surface area (Å²) in [7, 11) is 0. The Hall–Kier alpha value is -0.840. The van der Waals surface area contributed by atoms with E-state index < -0.39 is 0 Å². The molecule has 12 heavy (non-hydrogen) atoms. The molecule has 0 amide bonds. The minimum absolute atomic E-state index is 0.916. The fraction of sp³-hybridized carbons (Fsp3) is 0. The van der Waals surface area contributed by atoms with Crippen molar-refractivity contribution in [3.05, 3.63) is 49.5 Å². The van der Waals surface area contributed by atoms with Gasteiger partial charge in [-0.1, -0.05) is 19.2 Å². The second kappa shape index (κ2) is 4.25. The molecule has 0 aliphatic carbocycles. The third kappa shape index (κ3) is 1.85. The first-order valence-corrected chi connectivity index (χ1v) is 4.41. The van der Waals surface area contributed by atoms with Crippen molar-refractivity contribution in [3.63, 3.8) is 0 Å². The summed E-state index contributed by atoms with van der Waals surface area (Å²) in [5, 5.41) is 0. The Balaban J connectivity index is 2.98. The molecule has 1 aliphatic rings. The lowest BCUT2D eigenvalue weighted by atomic mass is 10.3. The first-order valence-electron chi connectivity index (χ1n) is 3.44. The van der Waals surface area contributed by atoms with Crippen LogP contribution in [0.2, 0.25) is 0 Å². The van der Waals surface area contributed by atoms with E-state index in [9.17, 15) is 0 Å². The van der Waals surface area contributed by atoms with Crippen molar-refractivity contribution in [1.29, 1.82) is 0 Å². The van der Waals surface area contributed by atoms with Crippen LogP contribution < -0.4 is 0 Å². The Bertz CT molecular complexity index is 287. The zero-order chi connectivity index (χ0) is 8.97. The van der Waals surface area contributed by atoms with Crippen molar-refractivity contribution in [1.82, 2.24) is 3.11 Å². The van der Waals surface area contributed by atoms with Gasteiger partial charge in [0.1, 0.15) is 0 Å². The standard InChI is InChI=1S/C9H9IN2/c1-3-5-9-8(11-4-2)6-7-12(9)10/h3-7H,1-2H2/b9-5+,11-8-. The van der Waals surface area contributed by atoms with Crippen LogP contribution in [-0.4, -0.2) is 8.82 Å². The second-order valence-corrected chi connectivity index (χ2v) is 3.15. The van der Waals surface area contributed by atoms with Gasteiger partial charge >= 0.3 is 0 Å². The lowest BCUT2D eigenvalue weighted by molar-refractivity contribution is 0.899. The highest BCUT2D eigenvalue weighted by Crippen LogP contribution is 2.20. The third-order valence-electron chi connectivity index (χ3n) is 1.36. The fourth-order valence-corrected chi connectivity index (χ4v) is 1.46. The summed E-state index contributed by atoms with van der Waals surface area (Å²) in [6, 6.07) is 0.